The molecule has 0 spiro atoms. The molecule has 2 N–H and O–H groups in total. The lowest BCUT2D eigenvalue weighted by molar-refractivity contribution is -0.123. The van der Waals surface area contributed by atoms with Crippen molar-refractivity contribution >= 4 is 11.8 Å². The van der Waals surface area contributed by atoms with Gasteiger partial charge < -0.3 is 15.2 Å². The van der Waals surface area contributed by atoms with E-state index in [1.54, 1.807) is 0 Å². The van der Waals surface area contributed by atoms with Crippen LogP contribution in [0.25, 0.3) is 0 Å². The molecule has 2 aliphatic rings. The van der Waals surface area contributed by atoms with Crippen LogP contribution in [0.4, 0.5) is 0 Å². The average molecular weight is 338 g/mol. The van der Waals surface area contributed by atoms with Gasteiger partial charge in [-0.05, 0) is 31.2 Å². The van der Waals surface area contributed by atoms with Crippen molar-refractivity contribution in [1.82, 2.24) is 20.2 Å². The zero-order valence-corrected chi connectivity index (χ0v) is 14.1. The largest absolute Gasteiger partial charge is 0.347 e. The first-order valence-corrected chi connectivity index (χ1v) is 8.92. The summed E-state index contributed by atoms with van der Waals surface area (Å²) >= 11 is 0. The molecule has 0 bridgehead atoms. The highest BCUT2D eigenvalue weighted by molar-refractivity contribution is 5.91. The number of fused-ring (bicyclic) bond motifs is 1. The van der Waals surface area contributed by atoms with Gasteiger partial charge in [-0.25, -0.2) is 4.98 Å². The fourth-order valence-corrected chi connectivity index (χ4v) is 3.78. The lowest BCUT2D eigenvalue weighted by atomic mass is 9.92. The van der Waals surface area contributed by atoms with Crippen LogP contribution < -0.4 is 10.6 Å². The third kappa shape index (κ3) is 3.16. The van der Waals surface area contributed by atoms with E-state index in [0.717, 1.165) is 37.1 Å². The van der Waals surface area contributed by atoms with Crippen LogP contribution in [-0.4, -0.2) is 27.4 Å². The molecule has 2 atom stereocenters. The summed E-state index contributed by atoms with van der Waals surface area (Å²) in [5.41, 5.74) is 2.14. The lowest BCUT2D eigenvalue weighted by Gasteiger charge is -2.33. The van der Waals surface area contributed by atoms with Crippen LogP contribution in [0.3, 0.4) is 0 Å². The van der Waals surface area contributed by atoms with Gasteiger partial charge in [0.25, 0.3) is 5.91 Å². The molecule has 2 aliphatic heterocycles. The summed E-state index contributed by atoms with van der Waals surface area (Å²) in [5, 5.41) is 6.12. The average Bonchev–Trinajstić information content (AvgIpc) is 3.08. The number of nitrogens with zero attached hydrogens (tertiary/aromatic N) is 2. The second kappa shape index (κ2) is 6.70. The first-order chi connectivity index (χ1) is 12.2. The van der Waals surface area contributed by atoms with E-state index >= 15 is 0 Å². The third-order valence-electron chi connectivity index (χ3n) is 5.08. The van der Waals surface area contributed by atoms with Crippen LogP contribution in [0.5, 0.6) is 0 Å². The molecule has 1 fully saturated rings. The van der Waals surface area contributed by atoms with Crippen molar-refractivity contribution in [2.45, 2.75) is 50.7 Å². The molecule has 130 valence electrons. The SMILES string of the molecule is O=C1CC[C@@H](NC(=O)c2ncc3n2CCCC3)[C@H](c2ccccc2)N1. The van der Waals surface area contributed by atoms with Crippen LogP contribution in [0.2, 0.25) is 0 Å². The van der Waals surface area contributed by atoms with Gasteiger partial charge in [-0.3, -0.25) is 9.59 Å². The van der Waals surface area contributed by atoms with Crippen molar-refractivity contribution < 1.29 is 9.59 Å². The number of aromatic nitrogens is 2. The van der Waals surface area contributed by atoms with Gasteiger partial charge in [0.05, 0.1) is 12.1 Å². The Morgan fingerprint density at radius 1 is 1.20 bits per heavy atom. The summed E-state index contributed by atoms with van der Waals surface area (Å²) in [4.78, 5) is 29.0. The first kappa shape index (κ1) is 15.9. The molecule has 6 heteroatoms. The molecule has 0 radical (unpaired) electrons. The number of rotatable bonds is 3. The van der Waals surface area contributed by atoms with Crippen LogP contribution in [0, 0.1) is 0 Å². The first-order valence-electron chi connectivity index (χ1n) is 8.92. The quantitative estimate of drug-likeness (QED) is 0.898. The summed E-state index contributed by atoms with van der Waals surface area (Å²) in [5.74, 6) is 0.353. The molecule has 0 unspecified atom stereocenters. The number of nitrogens with one attached hydrogen (secondary N) is 2. The predicted molar refractivity (Wildman–Crippen MR) is 93.0 cm³/mol. The van der Waals surface area contributed by atoms with Crippen molar-refractivity contribution in [3.8, 4) is 0 Å². The Morgan fingerprint density at radius 2 is 2.04 bits per heavy atom. The predicted octanol–water partition coefficient (Wildman–Crippen LogP) is 1.97. The van der Waals surface area contributed by atoms with E-state index in [-0.39, 0.29) is 23.9 Å². The third-order valence-corrected chi connectivity index (χ3v) is 5.08. The summed E-state index contributed by atoms with van der Waals surface area (Å²) < 4.78 is 2.03. The van der Waals surface area contributed by atoms with Crippen molar-refractivity contribution in [3.05, 3.63) is 53.6 Å². The van der Waals surface area contributed by atoms with Gasteiger partial charge in [0.2, 0.25) is 5.91 Å². The molecule has 1 saturated heterocycles. The smallest absolute Gasteiger partial charge is 0.287 e. The lowest BCUT2D eigenvalue weighted by Crippen LogP contribution is -2.50. The van der Waals surface area contributed by atoms with E-state index in [9.17, 15) is 9.59 Å². The monoisotopic (exact) mass is 338 g/mol. The number of imidazole rings is 1. The summed E-state index contributed by atoms with van der Waals surface area (Å²) in [7, 11) is 0. The molecule has 1 aromatic heterocycles. The number of carbonyl (C=O) groups is 2. The Morgan fingerprint density at radius 3 is 2.88 bits per heavy atom. The van der Waals surface area contributed by atoms with Crippen LogP contribution >= 0.6 is 0 Å². The number of hydrogen-bond acceptors (Lipinski definition) is 3. The van der Waals surface area contributed by atoms with E-state index in [1.165, 1.54) is 0 Å². The van der Waals surface area contributed by atoms with Crippen molar-refractivity contribution in [2.75, 3.05) is 0 Å². The minimum absolute atomic E-state index is 0.0255. The second-order valence-corrected chi connectivity index (χ2v) is 6.76. The summed E-state index contributed by atoms with van der Waals surface area (Å²) in [6.07, 6.45) is 6.07. The minimum atomic E-state index is -0.206. The van der Waals surface area contributed by atoms with Crippen molar-refractivity contribution in [1.29, 1.82) is 0 Å². The standard InChI is InChI=1S/C19H22N4O2/c24-16-10-9-15(17(22-16)13-6-2-1-3-7-13)21-19(25)18-20-12-14-8-4-5-11-23(14)18/h1-3,6-7,12,15,17H,4-5,8-11H2,(H,21,25)(H,22,24)/t15-,17+/m1/s1. The Hall–Kier alpha value is -2.63. The zero-order chi connectivity index (χ0) is 17.2. The number of amides is 2. The maximum atomic E-state index is 12.8. The fourth-order valence-electron chi connectivity index (χ4n) is 3.78. The summed E-state index contributed by atoms with van der Waals surface area (Å²) in [6.45, 7) is 0.849. The highest BCUT2D eigenvalue weighted by atomic mass is 16.2. The van der Waals surface area contributed by atoms with Gasteiger partial charge in [0.1, 0.15) is 0 Å². The molecule has 2 aromatic rings. The molecular formula is C19H22N4O2. The van der Waals surface area contributed by atoms with E-state index in [0.29, 0.717) is 18.7 Å². The maximum Gasteiger partial charge on any atom is 0.287 e. The van der Waals surface area contributed by atoms with Gasteiger partial charge >= 0.3 is 0 Å². The van der Waals surface area contributed by atoms with Crippen molar-refractivity contribution in [3.63, 3.8) is 0 Å². The Bertz CT molecular complexity index is 784. The Labute approximate surface area is 146 Å². The van der Waals surface area contributed by atoms with E-state index in [4.69, 9.17) is 0 Å². The van der Waals surface area contributed by atoms with Gasteiger partial charge in [0.15, 0.2) is 5.82 Å². The van der Waals surface area contributed by atoms with Gasteiger partial charge in [-0.2, -0.15) is 0 Å². The number of piperidine rings is 1. The summed E-state index contributed by atoms with van der Waals surface area (Å²) in [6, 6.07) is 9.45. The van der Waals surface area contributed by atoms with E-state index in [1.807, 2.05) is 41.1 Å². The fraction of sp³-hybridized carbons (Fsp3) is 0.421. The molecule has 4 rings (SSSR count). The van der Waals surface area contributed by atoms with Gasteiger partial charge in [0, 0.05) is 24.9 Å². The molecule has 3 heterocycles. The highest BCUT2D eigenvalue weighted by Crippen LogP contribution is 2.25. The van der Waals surface area contributed by atoms with E-state index in [2.05, 4.69) is 15.6 Å². The van der Waals surface area contributed by atoms with Crippen LogP contribution in [0.1, 0.15) is 53.6 Å². The van der Waals surface area contributed by atoms with Gasteiger partial charge in [-0.15, -0.1) is 0 Å². The molecule has 25 heavy (non-hydrogen) atoms. The highest BCUT2D eigenvalue weighted by Gasteiger charge is 2.32. The number of benzene rings is 1. The molecule has 0 saturated carbocycles. The Kier molecular flexibility index (Phi) is 4.26. The molecule has 0 aliphatic carbocycles. The maximum absolute atomic E-state index is 12.8. The number of aryl methyl sites for hydroxylation is 1. The molecule has 1 aromatic carbocycles. The molecular weight excluding hydrogens is 316 g/mol. The van der Waals surface area contributed by atoms with Gasteiger partial charge in [-0.1, -0.05) is 30.3 Å². The van der Waals surface area contributed by atoms with Crippen molar-refractivity contribution in [2.24, 2.45) is 0 Å². The van der Waals surface area contributed by atoms with E-state index < -0.39 is 0 Å². The normalized spacial score (nSPS) is 22.8. The topological polar surface area (TPSA) is 76.0 Å². The second-order valence-electron chi connectivity index (χ2n) is 6.76. The molecule has 6 nitrogen and oxygen atoms in total. The number of hydrogen-bond donors (Lipinski definition) is 2. The molecule has 2 amide bonds. The number of carbonyl (C=O) groups excluding carboxylic acids is 2. The van der Waals surface area contributed by atoms with Crippen LogP contribution in [-0.2, 0) is 17.8 Å². The van der Waals surface area contributed by atoms with Crippen LogP contribution in [0.15, 0.2) is 36.5 Å². The zero-order valence-electron chi connectivity index (χ0n) is 14.1. The minimum Gasteiger partial charge on any atom is -0.347 e. The Balaban J connectivity index is 1.55.